The third-order valence-electron chi connectivity index (χ3n) is 5.94. The van der Waals surface area contributed by atoms with Crippen molar-refractivity contribution in [1.29, 1.82) is 0 Å². The fourth-order valence-corrected chi connectivity index (χ4v) is 5.87. The third kappa shape index (κ3) is 2.39. The Labute approximate surface area is 173 Å². The summed E-state index contributed by atoms with van der Waals surface area (Å²) in [6, 6.07) is 31.6. The van der Waals surface area contributed by atoms with Gasteiger partial charge >= 0.3 is 0 Å². The largest absolute Gasteiger partial charge is 0.338 e. The van der Waals surface area contributed by atoms with Crippen LogP contribution in [-0.2, 0) is 0 Å². The highest BCUT2D eigenvalue weighted by molar-refractivity contribution is 7.25. The smallest absolute Gasteiger partial charge is 0.0494 e. The second-order valence-corrected chi connectivity index (χ2v) is 9.07. The van der Waals surface area contributed by atoms with Crippen molar-refractivity contribution in [1.82, 2.24) is 4.57 Å². The van der Waals surface area contributed by atoms with E-state index in [-0.39, 0.29) is 0 Å². The first-order chi connectivity index (χ1) is 14.2. The number of nitrogens with zero attached hydrogens (tertiary/aromatic N) is 1. The van der Waals surface area contributed by atoms with Crippen molar-refractivity contribution in [3.8, 4) is 11.1 Å². The molecular weight excluding hydrogens is 370 g/mol. The zero-order valence-corrected chi connectivity index (χ0v) is 17.3. The Morgan fingerprint density at radius 1 is 0.655 bits per heavy atom. The summed E-state index contributed by atoms with van der Waals surface area (Å²) >= 11 is 1.88. The van der Waals surface area contributed by atoms with Crippen molar-refractivity contribution in [2.75, 3.05) is 0 Å². The molecule has 0 saturated carbocycles. The minimum atomic E-state index is 0.424. The van der Waals surface area contributed by atoms with Crippen molar-refractivity contribution < 1.29 is 0 Å². The zero-order valence-electron chi connectivity index (χ0n) is 16.5. The number of para-hydroxylation sites is 1. The molecule has 0 unspecified atom stereocenters. The molecule has 6 rings (SSSR count). The van der Waals surface area contributed by atoms with Gasteiger partial charge in [0.1, 0.15) is 0 Å². The van der Waals surface area contributed by atoms with Crippen molar-refractivity contribution in [2.24, 2.45) is 0 Å². The van der Waals surface area contributed by atoms with Gasteiger partial charge in [-0.1, -0.05) is 54.6 Å². The Kier molecular flexibility index (Phi) is 3.60. The molecule has 0 aliphatic rings. The lowest BCUT2D eigenvalue weighted by atomic mass is 9.98. The first-order valence-corrected chi connectivity index (χ1v) is 11.0. The lowest BCUT2D eigenvalue weighted by Crippen LogP contribution is -1.99. The van der Waals surface area contributed by atoms with E-state index < -0.39 is 0 Å². The first-order valence-electron chi connectivity index (χ1n) is 10.2. The number of hydrogen-bond acceptors (Lipinski definition) is 1. The number of rotatable bonds is 2. The van der Waals surface area contributed by atoms with E-state index in [1.165, 1.54) is 53.1 Å². The molecule has 0 spiro atoms. The van der Waals surface area contributed by atoms with Crippen molar-refractivity contribution >= 4 is 53.3 Å². The van der Waals surface area contributed by atoms with Gasteiger partial charge in [-0.25, -0.2) is 0 Å². The van der Waals surface area contributed by atoms with Gasteiger partial charge in [0.25, 0.3) is 0 Å². The van der Waals surface area contributed by atoms with Gasteiger partial charge in [-0.05, 0) is 55.3 Å². The number of fused-ring (bicyclic) bond motifs is 6. The summed E-state index contributed by atoms with van der Waals surface area (Å²) in [6.45, 7) is 4.52. The summed E-state index contributed by atoms with van der Waals surface area (Å²) in [5.41, 5.74) is 5.24. The quantitative estimate of drug-likeness (QED) is 0.279. The highest BCUT2D eigenvalue weighted by Crippen LogP contribution is 2.41. The fraction of sp³-hybridized carbons (Fsp3) is 0.111. The summed E-state index contributed by atoms with van der Waals surface area (Å²) in [7, 11) is 0. The Morgan fingerprint density at radius 2 is 1.38 bits per heavy atom. The molecule has 29 heavy (non-hydrogen) atoms. The van der Waals surface area contributed by atoms with Crippen LogP contribution in [0.15, 0.2) is 84.9 Å². The van der Waals surface area contributed by atoms with E-state index in [1.807, 2.05) is 11.3 Å². The molecule has 140 valence electrons. The van der Waals surface area contributed by atoms with Gasteiger partial charge in [0.15, 0.2) is 0 Å². The Bertz CT molecular complexity index is 1530. The minimum Gasteiger partial charge on any atom is -0.338 e. The van der Waals surface area contributed by atoms with Crippen LogP contribution in [-0.4, -0.2) is 4.57 Å². The summed E-state index contributed by atoms with van der Waals surface area (Å²) < 4.78 is 5.16. The summed E-state index contributed by atoms with van der Waals surface area (Å²) in [4.78, 5) is 0. The lowest BCUT2D eigenvalue weighted by Gasteiger charge is -2.12. The molecule has 2 heteroatoms. The van der Waals surface area contributed by atoms with Crippen molar-refractivity contribution in [3.63, 3.8) is 0 Å². The summed E-state index contributed by atoms with van der Waals surface area (Å²) in [5.74, 6) is 0. The van der Waals surface area contributed by atoms with Crippen molar-refractivity contribution in [3.05, 3.63) is 84.9 Å². The molecular formula is C27H21NS. The molecule has 6 aromatic rings. The molecule has 0 saturated heterocycles. The van der Waals surface area contributed by atoms with Gasteiger partial charge in [0.2, 0.25) is 0 Å². The zero-order chi connectivity index (χ0) is 19.5. The predicted octanol–water partition coefficient (Wildman–Crippen LogP) is 8.41. The summed E-state index contributed by atoms with van der Waals surface area (Å²) in [5, 5.41) is 5.40. The number of thiophene rings is 1. The summed E-state index contributed by atoms with van der Waals surface area (Å²) in [6.07, 6.45) is 0. The van der Waals surface area contributed by atoms with Gasteiger partial charge in [0.05, 0.1) is 0 Å². The fourth-order valence-electron chi connectivity index (χ4n) is 4.74. The molecule has 2 heterocycles. The normalized spacial score (nSPS) is 12.1. The van der Waals surface area contributed by atoms with Gasteiger partial charge in [0, 0.05) is 48.0 Å². The number of hydrogen-bond donors (Lipinski definition) is 0. The van der Waals surface area contributed by atoms with Gasteiger partial charge in [-0.3, -0.25) is 0 Å². The Hall–Kier alpha value is -3.10. The second-order valence-electron chi connectivity index (χ2n) is 7.99. The topological polar surface area (TPSA) is 4.93 Å². The highest BCUT2D eigenvalue weighted by atomic mass is 32.1. The van der Waals surface area contributed by atoms with Crippen LogP contribution < -0.4 is 0 Å². The van der Waals surface area contributed by atoms with Crippen LogP contribution in [0.3, 0.4) is 0 Å². The van der Waals surface area contributed by atoms with E-state index in [0.29, 0.717) is 6.04 Å². The lowest BCUT2D eigenvalue weighted by molar-refractivity contribution is 0.642. The van der Waals surface area contributed by atoms with E-state index >= 15 is 0 Å². The van der Waals surface area contributed by atoms with Crippen LogP contribution in [0.1, 0.15) is 19.9 Å². The van der Waals surface area contributed by atoms with Crippen LogP contribution in [0.2, 0.25) is 0 Å². The Morgan fingerprint density at radius 3 is 2.24 bits per heavy atom. The molecule has 0 atom stereocenters. The van der Waals surface area contributed by atoms with E-state index in [0.717, 1.165) is 0 Å². The maximum Gasteiger partial charge on any atom is 0.0494 e. The maximum atomic E-state index is 2.45. The molecule has 0 radical (unpaired) electrons. The first kappa shape index (κ1) is 16.8. The average molecular weight is 392 g/mol. The van der Waals surface area contributed by atoms with E-state index in [4.69, 9.17) is 0 Å². The maximum absolute atomic E-state index is 2.45. The third-order valence-corrected chi connectivity index (χ3v) is 7.08. The molecule has 0 bridgehead atoms. The predicted molar refractivity (Wildman–Crippen MR) is 128 cm³/mol. The Balaban J connectivity index is 1.70. The second kappa shape index (κ2) is 6.20. The number of aromatic nitrogens is 1. The standard InChI is InChI=1S/C27H21NS/c1-17(2)28-23-11-5-3-8-20(23)22-16-18(14-15-24(22)28)19-10-7-13-26-27(19)21-9-4-6-12-25(21)29-26/h3-17H,1-2H3. The molecule has 0 N–H and O–H groups in total. The van der Waals surface area contributed by atoms with E-state index in [1.54, 1.807) is 0 Å². The molecule has 4 aromatic carbocycles. The van der Waals surface area contributed by atoms with E-state index in [2.05, 4.69) is 103 Å². The van der Waals surface area contributed by atoms with Gasteiger partial charge in [-0.15, -0.1) is 11.3 Å². The van der Waals surface area contributed by atoms with E-state index in [9.17, 15) is 0 Å². The molecule has 0 aliphatic heterocycles. The van der Waals surface area contributed by atoms with Crippen LogP contribution in [0.4, 0.5) is 0 Å². The van der Waals surface area contributed by atoms with Crippen molar-refractivity contribution in [2.45, 2.75) is 19.9 Å². The van der Waals surface area contributed by atoms with Crippen LogP contribution in [0.25, 0.3) is 53.1 Å². The van der Waals surface area contributed by atoms with Gasteiger partial charge < -0.3 is 4.57 Å². The minimum absolute atomic E-state index is 0.424. The van der Waals surface area contributed by atoms with Crippen LogP contribution >= 0.6 is 11.3 Å². The SMILES string of the molecule is CC(C)n1c2ccccc2c2cc(-c3cccc4sc5ccccc5c34)ccc21. The molecule has 0 amide bonds. The average Bonchev–Trinajstić information content (AvgIpc) is 3.29. The molecule has 0 aliphatic carbocycles. The molecule has 2 aromatic heterocycles. The van der Waals surface area contributed by atoms with Gasteiger partial charge in [-0.2, -0.15) is 0 Å². The molecule has 1 nitrogen and oxygen atoms in total. The monoisotopic (exact) mass is 391 g/mol. The highest BCUT2D eigenvalue weighted by Gasteiger charge is 2.15. The van der Waals surface area contributed by atoms with Crippen LogP contribution in [0.5, 0.6) is 0 Å². The number of benzene rings is 4. The van der Waals surface area contributed by atoms with Crippen LogP contribution in [0, 0.1) is 0 Å². The molecule has 0 fully saturated rings.